The molecule has 21 rings (SSSR count). The first-order chi connectivity index (χ1) is 54.0. The number of nitrogens with zero attached hydrogens (tertiary/aromatic N) is 5. The van der Waals surface area contributed by atoms with Gasteiger partial charge in [0.15, 0.2) is 0 Å². The van der Waals surface area contributed by atoms with Crippen molar-refractivity contribution in [3.8, 4) is 118 Å². The molecule has 6 nitrogen and oxygen atoms in total. The van der Waals surface area contributed by atoms with E-state index in [4.69, 9.17) is 5.73 Å². The van der Waals surface area contributed by atoms with Crippen LogP contribution in [0.4, 0.5) is 5.69 Å². The molecular formula is C103H66N6. The molecule has 0 spiro atoms. The van der Waals surface area contributed by atoms with E-state index in [0.29, 0.717) is 22.6 Å². The summed E-state index contributed by atoms with van der Waals surface area (Å²) in [4.78, 5) is 0. The summed E-state index contributed by atoms with van der Waals surface area (Å²) in [6.45, 7) is 0. The lowest BCUT2D eigenvalue weighted by Gasteiger charge is -2.28. The zero-order chi connectivity index (χ0) is 72.2. The number of nitriles is 1. The number of aromatic nitrogens is 4. The first-order valence-corrected chi connectivity index (χ1v) is 37.1. The Hall–Kier alpha value is -14.8. The van der Waals surface area contributed by atoms with Gasteiger partial charge in [-0.1, -0.05) is 291 Å². The molecule has 0 aliphatic heterocycles. The summed E-state index contributed by atoms with van der Waals surface area (Å²) in [7, 11) is 0. The quantitative estimate of drug-likeness (QED) is 0.124. The van der Waals surface area contributed by atoms with Crippen molar-refractivity contribution in [1.29, 1.82) is 5.26 Å². The largest absolute Gasteiger partial charge is 0.396 e. The molecule has 109 heavy (non-hydrogen) atoms. The lowest BCUT2D eigenvalue weighted by Crippen LogP contribution is -2.17. The predicted octanol–water partition coefficient (Wildman–Crippen LogP) is 26.9. The van der Waals surface area contributed by atoms with Crippen LogP contribution in [-0.2, 0) is 0 Å². The SMILES string of the molecule is N#Cc1c(N)c(-n2c3ccc(-c4ccccc4)cc3c3cc(-c4ccccc4)ccc32)c(-n2c3ccc(-c4ccccc4)cc3c3cc(-c4ccccc4)ccc32)c(-n2c3ccc(-c4ccccc4)cc3c3cc(-c4ccccc4)ccc32)c1-n1c2ccc(-c3ccccc3)cc2c2cc(-c3ccccc3)ccc21. The lowest BCUT2D eigenvalue weighted by molar-refractivity contribution is 1.02. The van der Waals surface area contributed by atoms with Crippen LogP contribution < -0.4 is 5.73 Å². The van der Waals surface area contributed by atoms with Gasteiger partial charge in [0.05, 0.1) is 72.6 Å². The molecule has 0 amide bonds. The minimum Gasteiger partial charge on any atom is -0.396 e. The highest BCUT2D eigenvalue weighted by atomic mass is 15.1. The maximum atomic E-state index is 13.1. The second-order valence-corrected chi connectivity index (χ2v) is 28.4. The number of hydrogen-bond acceptors (Lipinski definition) is 2. The molecule has 2 N–H and O–H groups in total. The van der Waals surface area contributed by atoms with Crippen molar-refractivity contribution < 1.29 is 0 Å². The van der Waals surface area contributed by atoms with Gasteiger partial charge in [-0.05, 0) is 186 Å². The number of nitrogens with two attached hydrogens (primary N) is 1. The Labute approximate surface area is 629 Å². The number of rotatable bonds is 12. The Morgan fingerprint density at radius 1 is 0.174 bits per heavy atom. The summed E-state index contributed by atoms with van der Waals surface area (Å²) in [6.07, 6.45) is 0. The Balaban J connectivity index is 1.01. The Morgan fingerprint density at radius 2 is 0.330 bits per heavy atom. The smallest absolute Gasteiger partial charge is 0.104 e. The van der Waals surface area contributed by atoms with Crippen LogP contribution in [-0.4, -0.2) is 18.3 Å². The lowest BCUT2D eigenvalue weighted by atomic mass is 10.0. The molecule has 0 saturated heterocycles. The molecule has 21 aromatic rings. The van der Waals surface area contributed by atoms with Crippen molar-refractivity contribution in [2.45, 2.75) is 0 Å². The third kappa shape index (κ3) is 10.2. The van der Waals surface area contributed by atoms with Crippen LogP contribution in [0.3, 0.4) is 0 Å². The molecule has 0 fully saturated rings. The van der Waals surface area contributed by atoms with Crippen LogP contribution in [0.25, 0.3) is 199 Å². The normalized spacial score (nSPS) is 11.7. The third-order valence-corrected chi connectivity index (χ3v) is 22.4. The van der Waals surface area contributed by atoms with E-state index in [1.165, 1.54) is 0 Å². The topological polar surface area (TPSA) is 69.5 Å². The highest BCUT2D eigenvalue weighted by Gasteiger charge is 2.35. The third-order valence-electron chi connectivity index (χ3n) is 22.4. The van der Waals surface area contributed by atoms with Crippen LogP contribution in [0.15, 0.2) is 388 Å². The van der Waals surface area contributed by atoms with Gasteiger partial charge >= 0.3 is 0 Å². The van der Waals surface area contributed by atoms with Crippen molar-refractivity contribution in [2.24, 2.45) is 0 Å². The van der Waals surface area contributed by atoms with E-state index in [9.17, 15) is 5.26 Å². The molecule has 0 unspecified atom stereocenters. The van der Waals surface area contributed by atoms with Gasteiger partial charge in [-0.3, -0.25) is 0 Å². The molecule has 6 heteroatoms. The second-order valence-electron chi connectivity index (χ2n) is 28.4. The van der Waals surface area contributed by atoms with E-state index < -0.39 is 0 Å². The number of benzene rings is 17. The van der Waals surface area contributed by atoms with Gasteiger partial charge in [0.25, 0.3) is 0 Å². The molecular weight excluding hydrogens is 1320 g/mol. The Morgan fingerprint density at radius 3 is 0.505 bits per heavy atom. The highest BCUT2D eigenvalue weighted by molar-refractivity contribution is 6.19. The maximum absolute atomic E-state index is 13.1. The average Bonchev–Trinajstić information content (AvgIpc) is 1.54. The van der Waals surface area contributed by atoms with Crippen LogP contribution in [0.2, 0.25) is 0 Å². The summed E-state index contributed by atoms with van der Waals surface area (Å²) in [5, 5.41) is 21.5. The van der Waals surface area contributed by atoms with Gasteiger partial charge in [0.1, 0.15) is 11.6 Å². The zero-order valence-corrected chi connectivity index (χ0v) is 59.3. The van der Waals surface area contributed by atoms with Crippen LogP contribution >= 0.6 is 0 Å². The van der Waals surface area contributed by atoms with E-state index in [0.717, 1.165) is 188 Å². The minimum atomic E-state index is 0.318. The Kier molecular flexibility index (Phi) is 14.7. The van der Waals surface area contributed by atoms with E-state index in [2.05, 4.69) is 413 Å². The van der Waals surface area contributed by atoms with Gasteiger partial charge in [0.2, 0.25) is 0 Å². The summed E-state index contributed by atoms with van der Waals surface area (Å²) in [5.74, 6) is 0. The van der Waals surface area contributed by atoms with Crippen molar-refractivity contribution in [3.63, 3.8) is 0 Å². The number of nitrogen functional groups attached to an aromatic ring is 1. The van der Waals surface area contributed by atoms with Crippen molar-refractivity contribution in [1.82, 2.24) is 18.3 Å². The maximum Gasteiger partial charge on any atom is 0.104 e. The van der Waals surface area contributed by atoms with Gasteiger partial charge in [-0.2, -0.15) is 5.26 Å². The summed E-state index contributed by atoms with van der Waals surface area (Å²) < 4.78 is 9.75. The molecule has 0 atom stereocenters. The van der Waals surface area contributed by atoms with E-state index in [-0.39, 0.29) is 0 Å². The standard InChI is InChI=1S/C103H66N6/c104-65-90-99(105)101(107-93-51-43-76(68-29-13-3-14-30-68)59-84(93)85-60-77(44-52-94(85)107)69-31-15-4-16-32-69)103(109-97-55-47-80(72-37-21-7-22-38-72)63-88(97)89-64-81(48-56-98(89)109)73-39-23-8-24-40-73)102(108-95-53-45-78(70-33-17-5-18-34-70)61-86(95)87-62-79(46-54-96(87)108)71-35-19-6-20-36-71)100(90)106-91-49-41-74(66-25-9-1-10-26-66)57-82(91)83-58-75(42-50-92(83)106)67-27-11-2-12-28-67/h1-64H,105H2. The van der Waals surface area contributed by atoms with Crippen LogP contribution in [0.5, 0.6) is 0 Å². The summed E-state index contributed by atoms with van der Waals surface area (Å²) in [6, 6.07) is 144. The number of fused-ring (bicyclic) bond motifs is 12. The Bertz CT molecular complexity index is 6850. The molecule has 4 aromatic heterocycles. The zero-order valence-electron chi connectivity index (χ0n) is 59.3. The highest BCUT2D eigenvalue weighted by Crippen LogP contribution is 2.53. The molecule has 0 aliphatic carbocycles. The van der Waals surface area contributed by atoms with Gasteiger partial charge < -0.3 is 24.0 Å². The fraction of sp³-hybridized carbons (Fsp3) is 0. The van der Waals surface area contributed by atoms with E-state index in [1.54, 1.807) is 0 Å². The van der Waals surface area contributed by atoms with Crippen molar-refractivity contribution in [3.05, 3.63) is 394 Å². The van der Waals surface area contributed by atoms with Crippen LogP contribution in [0.1, 0.15) is 5.56 Å². The molecule has 4 heterocycles. The number of hydrogen-bond donors (Lipinski definition) is 1. The van der Waals surface area contributed by atoms with Gasteiger partial charge in [0, 0.05) is 43.1 Å². The summed E-state index contributed by atoms with van der Waals surface area (Å²) >= 11 is 0. The van der Waals surface area contributed by atoms with Crippen molar-refractivity contribution >= 4 is 92.9 Å². The fourth-order valence-corrected chi connectivity index (χ4v) is 17.2. The number of anilines is 1. The van der Waals surface area contributed by atoms with Gasteiger partial charge in [-0.15, -0.1) is 0 Å². The molecule has 0 radical (unpaired) electrons. The summed E-state index contributed by atoms with van der Waals surface area (Å²) in [5.41, 5.74) is 37.1. The minimum absolute atomic E-state index is 0.318. The molecule has 0 saturated carbocycles. The first kappa shape index (κ1) is 62.8. The molecule has 17 aromatic carbocycles. The molecule has 508 valence electrons. The van der Waals surface area contributed by atoms with E-state index >= 15 is 0 Å². The van der Waals surface area contributed by atoms with Gasteiger partial charge in [-0.25, -0.2) is 0 Å². The first-order valence-electron chi connectivity index (χ1n) is 37.1. The second kappa shape index (κ2) is 25.5. The predicted molar refractivity (Wildman–Crippen MR) is 456 cm³/mol. The monoisotopic (exact) mass is 1390 g/mol. The fourth-order valence-electron chi connectivity index (χ4n) is 17.2. The van der Waals surface area contributed by atoms with Crippen molar-refractivity contribution in [2.75, 3.05) is 5.73 Å². The van der Waals surface area contributed by atoms with E-state index in [1.807, 2.05) is 0 Å². The average molecular weight is 1390 g/mol. The van der Waals surface area contributed by atoms with Crippen LogP contribution in [0, 0.1) is 11.3 Å². The molecule has 0 aliphatic rings. The molecule has 0 bridgehead atoms.